The molecule has 3 aromatic carbocycles. The Bertz CT molecular complexity index is 1580. The van der Waals surface area contributed by atoms with Crippen LogP contribution in [0.2, 0.25) is 0 Å². The molecule has 1 saturated heterocycles. The van der Waals surface area contributed by atoms with Gasteiger partial charge in [-0.2, -0.15) is 0 Å². The first-order valence-electron chi connectivity index (χ1n) is 16.8. The van der Waals surface area contributed by atoms with E-state index in [1.54, 1.807) is 48.8 Å². The molecular formula is C38H45N3O7. The van der Waals surface area contributed by atoms with Crippen LogP contribution in [0, 0.1) is 5.92 Å². The topological polar surface area (TPSA) is 125 Å². The number of esters is 1. The Balaban J connectivity index is 1.63. The summed E-state index contributed by atoms with van der Waals surface area (Å²) in [6, 6.07) is 21.3. The van der Waals surface area contributed by atoms with Gasteiger partial charge >= 0.3 is 5.97 Å². The van der Waals surface area contributed by atoms with E-state index in [-0.39, 0.29) is 56.1 Å². The van der Waals surface area contributed by atoms with Crippen molar-refractivity contribution in [2.75, 3.05) is 24.7 Å². The maximum atomic E-state index is 14.8. The fourth-order valence-corrected chi connectivity index (χ4v) is 6.67. The number of nitrogens with zero attached hydrogens (tertiary/aromatic N) is 2. The molecule has 0 bridgehead atoms. The van der Waals surface area contributed by atoms with Gasteiger partial charge in [-0.1, -0.05) is 74.5 Å². The number of hydrogen-bond donors (Lipinski definition) is 2. The number of carbonyl (C=O) groups excluding carboxylic acids is 4. The first kappa shape index (κ1) is 34.6. The molecule has 48 heavy (non-hydrogen) atoms. The zero-order chi connectivity index (χ0) is 34.2. The number of nitrogens with one attached hydrogen (secondary N) is 1. The summed E-state index contributed by atoms with van der Waals surface area (Å²) in [5, 5.41) is 12.4. The van der Waals surface area contributed by atoms with Gasteiger partial charge in [0.2, 0.25) is 11.8 Å². The second-order valence-corrected chi connectivity index (χ2v) is 12.6. The molecule has 4 atom stereocenters. The third kappa shape index (κ3) is 7.71. The van der Waals surface area contributed by atoms with Gasteiger partial charge in [0.1, 0.15) is 11.8 Å². The minimum atomic E-state index is -0.903. The molecule has 1 unspecified atom stereocenters. The van der Waals surface area contributed by atoms with E-state index >= 15 is 0 Å². The zero-order valence-corrected chi connectivity index (χ0v) is 27.8. The molecule has 0 radical (unpaired) electrons. The molecule has 254 valence electrons. The van der Waals surface area contributed by atoms with Crippen LogP contribution in [-0.4, -0.2) is 71.6 Å². The van der Waals surface area contributed by atoms with Crippen molar-refractivity contribution in [1.29, 1.82) is 0 Å². The Morgan fingerprint density at radius 2 is 1.65 bits per heavy atom. The van der Waals surface area contributed by atoms with Crippen molar-refractivity contribution < 1.29 is 33.8 Å². The van der Waals surface area contributed by atoms with Gasteiger partial charge in [0.05, 0.1) is 37.8 Å². The third-order valence-electron chi connectivity index (χ3n) is 8.95. The van der Waals surface area contributed by atoms with Crippen molar-refractivity contribution in [3.05, 3.63) is 95.6 Å². The van der Waals surface area contributed by atoms with Crippen molar-refractivity contribution >= 4 is 29.4 Å². The van der Waals surface area contributed by atoms with Crippen molar-refractivity contribution in [1.82, 2.24) is 10.2 Å². The van der Waals surface area contributed by atoms with E-state index in [9.17, 15) is 24.3 Å². The number of ether oxygens (including phenoxy) is 2. The van der Waals surface area contributed by atoms with Crippen molar-refractivity contribution in [2.45, 2.75) is 77.0 Å². The Kier molecular flexibility index (Phi) is 11.5. The molecule has 0 aromatic heterocycles. The van der Waals surface area contributed by atoms with E-state index in [0.29, 0.717) is 36.4 Å². The highest BCUT2D eigenvalue weighted by molar-refractivity contribution is 6.04. The molecular weight excluding hydrogens is 610 g/mol. The molecule has 2 heterocycles. The van der Waals surface area contributed by atoms with E-state index in [1.807, 2.05) is 60.7 Å². The van der Waals surface area contributed by atoms with Crippen LogP contribution in [0.4, 0.5) is 5.69 Å². The number of fused-ring (bicyclic) bond motifs is 3. The molecule has 5 rings (SSSR count). The maximum Gasteiger partial charge on any atom is 0.307 e. The first-order chi connectivity index (χ1) is 23.2. The lowest BCUT2D eigenvalue weighted by Gasteiger charge is -2.50. The lowest BCUT2D eigenvalue weighted by molar-refractivity contribution is -0.153. The number of aliphatic hydroxyl groups is 1. The van der Waals surface area contributed by atoms with Crippen LogP contribution in [0.15, 0.2) is 78.9 Å². The van der Waals surface area contributed by atoms with E-state index in [2.05, 4.69) is 5.32 Å². The summed E-state index contributed by atoms with van der Waals surface area (Å²) < 4.78 is 11.3. The van der Waals surface area contributed by atoms with E-state index in [1.165, 1.54) is 0 Å². The van der Waals surface area contributed by atoms with Crippen LogP contribution in [0.25, 0.3) is 0 Å². The molecule has 2 aliphatic heterocycles. The number of hydrogen-bond acceptors (Lipinski definition) is 7. The average molecular weight is 656 g/mol. The summed E-state index contributed by atoms with van der Waals surface area (Å²) in [6.45, 7) is 5.73. The number of anilines is 1. The lowest BCUT2D eigenvalue weighted by atomic mass is 9.87. The minimum absolute atomic E-state index is 0.0190. The quantitative estimate of drug-likeness (QED) is 0.195. The van der Waals surface area contributed by atoms with Crippen molar-refractivity contribution in [3.63, 3.8) is 0 Å². The Hall–Kier alpha value is -4.70. The summed E-state index contributed by atoms with van der Waals surface area (Å²) in [4.78, 5) is 59.2. The molecule has 0 saturated carbocycles. The van der Waals surface area contributed by atoms with Gasteiger partial charge in [-0.3, -0.25) is 19.2 Å². The zero-order valence-electron chi connectivity index (χ0n) is 27.8. The normalized spacial score (nSPS) is 19.9. The molecule has 2 N–H and O–H groups in total. The van der Waals surface area contributed by atoms with E-state index < -0.39 is 30.1 Å². The van der Waals surface area contributed by atoms with Gasteiger partial charge in [0.25, 0.3) is 5.91 Å². The van der Waals surface area contributed by atoms with Gasteiger partial charge in [-0.05, 0) is 42.7 Å². The van der Waals surface area contributed by atoms with Gasteiger partial charge in [0.15, 0.2) is 0 Å². The third-order valence-corrected chi connectivity index (χ3v) is 8.95. The maximum absolute atomic E-state index is 14.8. The lowest BCUT2D eigenvalue weighted by Crippen LogP contribution is -2.70. The molecule has 3 amide bonds. The highest BCUT2D eigenvalue weighted by atomic mass is 16.5. The van der Waals surface area contributed by atoms with E-state index in [0.717, 1.165) is 11.1 Å². The Morgan fingerprint density at radius 3 is 2.29 bits per heavy atom. The smallest absolute Gasteiger partial charge is 0.307 e. The summed E-state index contributed by atoms with van der Waals surface area (Å²) in [7, 11) is 0. The largest absolute Gasteiger partial charge is 0.493 e. The molecule has 10 nitrogen and oxygen atoms in total. The Morgan fingerprint density at radius 1 is 0.958 bits per heavy atom. The number of benzene rings is 3. The second kappa shape index (κ2) is 15.9. The monoisotopic (exact) mass is 655 g/mol. The van der Waals surface area contributed by atoms with Crippen molar-refractivity contribution in [3.8, 4) is 5.75 Å². The molecule has 3 aromatic rings. The summed E-state index contributed by atoms with van der Waals surface area (Å²) in [5.74, 6) is -1.08. The number of amides is 3. The number of carbonyl (C=O) groups is 4. The molecule has 0 spiro atoms. The van der Waals surface area contributed by atoms with Crippen molar-refractivity contribution in [2.24, 2.45) is 5.92 Å². The van der Waals surface area contributed by atoms with Gasteiger partial charge in [-0.25, -0.2) is 0 Å². The summed E-state index contributed by atoms with van der Waals surface area (Å²) in [6.07, 6.45) is 1.13. The first-order valence-corrected chi connectivity index (χ1v) is 16.8. The fraction of sp³-hybridized carbons (Fsp3) is 0.421. The van der Waals surface area contributed by atoms with Crippen LogP contribution in [0.1, 0.15) is 62.8 Å². The molecule has 10 heteroatoms. The molecule has 0 aliphatic carbocycles. The van der Waals surface area contributed by atoms with Crippen LogP contribution >= 0.6 is 0 Å². The summed E-state index contributed by atoms with van der Waals surface area (Å²) in [5.41, 5.74) is 3.12. The number of aryl methyl sites for hydroxylation is 1. The van der Waals surface area contributed by atoms with Crippen LogP contribution in [0.5, 0.6) is 5.75 Å². The number of aliphatic hydroxyl groups excluding tert-OH is 1. The highest BCUT2D eigenvalue weighted by Crippen LogP contribution is 2.47. The van der Waals surface area contributed by atoms with Crippen LogP contribution < -0.4 is 15.0 Å². The molecule has 1 fully saturated rings. The molecule has 2 aliphatic rings. The van der Waals surface area contributed by atoms with Gasteiger partial charge in [0, 0.05) is 43.0 Å². The van der Waals surface area contributed by atoms with Crippen LogP contribution in [-0.2, 0) is 36.8 Å². The number of rotatable bonds is 14. The predicted octanol–water partition coefficient (Wildman–Crippen LogP) is 4.38. The second-order valence-electron chi connectivity index (χ2n) is 12.6. The standard InChI is InChI=1S/C38H45N3O7/c1-4-47-34(44)24-31-36-35(39-37(45)25(2)3)29-23-28(48-21-11-20-42)17-18-30(29)41(36)38(46)32(22-27-14-9-6-10-15-27)40(31)33(43)19-16-26-12-7-5-8-13-26/h5-10,12-15,17-18,23,25,31-32,35-36,42H,4,11,16,19-22,24H2,1-3H3,(H,39,45)/t31?,32-,35-,36+/m0/s1. The van der Waals surface area contributed by atoms with E-state index in [4.69, 9.17) is 9.47 Å². The minimum Gasteiger partial charge on any atom is -0.493 e. The predicted molar refractivity (Wildman–Crippen MR) is 181 cm³/mol. The average Bonchev–Trinajstić information content (AvgIpc) is 3.40. The summed E-state index contributed by atoms with van der Waals surface area (Å²) >= 11 is 0. The van der Waals surface area contributed by atoms with Crippen LogP contribution in [0.3, 0.4) is 0 Å². The highest BCUT2D eigenvalue weighted by Gasteiger charge is 2.56. The SMILES string of the molecule is CCOC(=O)CC1[C@@H]2[C@@H](NC(=O)C(C)C)c3cc(OCCCO)ccc3N2C(=O)[C@H](Cc2ccccc2)N1C(=O)CCc1ccccc1. The Labute approximate surface area is 282 Å². The van der Waals surface area contributed by atoms with Gasteiger partial charge in [-0.15, -0.1) is 0 Å². The fourth-order valence-electron chi connectivity index (χ4n) is 6.67. The number of piperazine rings is 1. The van der Waals surface area contributed by atoms with Gasteiger partial charge < -0.3 is 29.7 Å².